The SMILES string of the molecule is CCC(C)NC(C)(C(=O)OC)c1ccc(OC(F)F)cc1. The summed E-state index contributed by atoms with van der Waals surface area (Å²) in [6, 6.07) is 6.04. The molecule has 0 saturated carbocycles. The van der Waals surface area contributed by atoms with E-state index in [-0.39, 0.29) is 11.8 Å². The molecule has 1 aromatic rings. The van der Waals surface area contributed by atoms with Crippen LogP contribution >= 0.6 is 0 Å². The molecule has 0 heterocycles. The largest absolute Gasteiger partial charge is 0.467 e. The van der Waals surface area contributed by atoms with Gasteiger partial charge in [0, 0.05) is 6.04 Å². The van der Waals surface area contributed by atoms with Crippen LogP contribution in [0.15, 0.2) is 24.3 Å². The lowest BCUT2D eigenvalue weighted by Crippen LogP contribution is -2.50. The van der Waals surface area contributed by atoms with Gasteiger partial charge in [-0.3, -0.25) is 5.32 Å². The molecule has 0 spiro atoms. The zero-order valence-corrected chi connectivity index (χ0v) is 12.7. The molecule has 4 nitrogen and oxygen atoms in total. The molecule has 0 bridgehead atoms. The first-order valence-corrected chi connectivity index (χ1v) is 6.75. The lowest BCUT2D eigenvalue weighted by atomic mass is 9.90. The summed E-state index contributed by atoms with van der Waals surface area (Å²) in [6.07, 6.45) is 0.833. The van der Waals surface area contributed by atoms with Gasteiger partial charge in [0.25, 0.3) is 0 Å². The Morgan fingerprint density at radius 2 is 1.90 bits per heavy atom. The quantitative estimate of drug-likeness (QED) is 0.786. The molecule has 1 N–H and O–H groups in total. The first-order chi connectivity index (χ1) is 9.83. The molecule has 6 heteroatoms. The molecule has 0 radical (unpaired) electrons. The Bertz CT molecular complexity index is 464. The fourth-order valence-electron chi connectivity index (χ4n) is 2.03. The van der Waals surface area contributed by atoms with E-state index in [0.29, 0.717) is 5.56 Å². The minimum absolute atomic E-state index is 0.0458. The van der Waals surface area contributed by atoms with Crippen molar-refractivity contribution in [1.29, 1.82) is 0 Å². The van der Waals surface area contributed by atoms with Crippen molar-refractivity contribution in [3.05, 3.63) is 29.8 Å². The van der Waals surface area contributed by atoms with Gasteiger partial charge in [-0.1, -0.05) is 19.1 Å². The van der Waals surface area contributed by atoms with Crippen molar-refractivity contribution in [3.8, 4) is 5.75 Å². The highest BCUT2D eigenvalue weighted by Gasteiger charge is 2.37. The van der Waals surface area contributed by atoms with E-state index in [1.54, 1.807) is 19.1 Å². The van der Waals surface area contributed by atoms with E-state index in [1.807, 2.05) is 13.8 Å². The smallest absolute Gasteiger partial charge is 0.387 e. The van der Waals surface area contributed by atoms with E-state index in [4.69, 9.17) is 4.74 Å². The van der Waals surface area contributed by atoms with Crippen molar-refractivity contribution in [2.45, 2.75) is 45.4 Å². The van der Waals surface area contributed by atoms with Crippen LogP contribution in [-0.4, -0.2) is 25.7 Å². The number of hydrogen-bond acceptors (Lipinski definition) is 4. The molecule has 118 valence electrons. The van der Waals surface area contributed by atoms with Gasteiger partial charge in [0.2, 0.25) is 0 Å². The number of carbonyl (C=O) groups is 1. The van der Waals surface area contributed by atoms with Crippen LogP contribution in [-0.2, 0) is 15.1 Å². The van der Waals surface area contributed by atoms with Crippen molar-refractivity contribution < 1.29 is 23.0 Å². The maximum atomic E-state index is 12.1. The van der Waals surface area contributed by atoms with Crippen molar-refractivity contribution in [3.63, 3.8) is 0 Å². The second-order valence-electron chi connectivity index (χ2n) is 4.97. The summed E-state index contributed by atoms with van der Waals surface area (Å²) >= 11 is 0. The standard InChI is InChI=1S/C15H21F2NO3/c1-5-10(2)18-15(3,13(19)20-4)11-6-8-12(9-7-11)21-14(16)17/h6-10,14,18H,5H2,1-4H3. The number of ether oxygens (including phenoxy) is 2. The zero-order valence-electron chi connectivity index (χ0n) is 12.7. The Balaban J connectivity index is 3.06. The molecule has 21 heavy (non-hydrogen) atoms. The summed E-state index contributed by atoms with van der Waals surface area (Å²) in [7, 11) is 1.31. The summed E-state index contributed by atoms with van der Waals surface area (Å²) in [5.74, 6) is -0.394. The molecular weight excluding hydrogens is 280 g/mol. The Morgan fingerprint density at radius 3 is 2.33 bits per heavy atom. The number of nitrogens with one attached hydrogen (secondary N) is 1. The van der Waals surface area contributed by atoms with Crippen molar-refractivity contribution >= 4 is 5.97 Å². The molecule has 2 unspecified atom stereocenters. The maximum absolute atomic E-state index is 12.1. The lowest BCUT2D eigenvalue weighted by Gasteiger charge is -2.31. The Kier molecular flexibility index (Phi) is 6.08. The molecule has 0 aliphatic carbocycles. The Hall–Kier alpha value is -1.69. The molecule has 0 fully saturated rings. The monoisotopic (exact) mass is 301 g/mol. The molecule has 0 aliphatic rings. The highest BCUT2D eigenvalue weighted by Crippen LogP contribution is 2.26. The molecule has 2 atom stereocenters. The van der Waals surface area contributed by atoms with E-state index >= 15 is 0 Å². The van der Waals surface area contributed by atoms with Crippen LogP contribution in [0.25, 0.3) is 0 Å². The van der Waals surface area contributed by atoms with Gasteiger partial charge in [0.1, 0.15) is 11.3 Å². The lowest BCUT2D eigenvalue weighted by molar-refractivity contribution is -0.148. The minimum atomic E-state index is -2.87. The number of carbonyl (C=O) groups excluding carboxylic acids is 1. The fraction of sp³-hybridized carbons (Fsp3) is 0.533. The molecule has 1 rings (SSSR count). The van der Waals surface area contributed by atoms with Gasteiger partial charge in [-0.2, -0.15) is 8.78 Å². The van der Waals surface area contributed by atoms with Crippen molar-refractivity contribution in [1.82, 2.24) is 5.32 Å². The van der Waals surface area contributed by atoms with Gasteiger partial charge in [-0.25, -0.2) is 4.79 Å². The highest BCUT2D eigenvalue weighted by molar-refractivity contribution is 5.82. The van der Waals surface area contributed by atoms with E-state index in [0.717, 1.165) is 6.42 Å². The van der Waals surface area contributed by atoms with Crippen LogP contribution in [0.3, 0.4) is 0 Å². The number of hydrogen-bond donors (Lipinski definition) is 1. The molecule has 0 aliphatic heterocycles. The first-order valence-electron chi connectivity index (χ1n) is 6.75. The van der Waals surface area contributed by atoms with Gasteiger partial charge < -0.3 is 9.47 Å². The van der Waals surface area contributed by atoms with Gasteiger partial charge in [-0.05, 0) is 38.0 Å². The Morgan fingerprint density at radius 1 is 1.33 bits per heavy atom. The number of rotatable bonds is 7. The van der Waals surface area contributed by atoms with Crippen LogP contribution in [0, 0.1) is 0 Å². The van der Waals surface area contributed by atoms with Crippen LogP contribution < -0.4 is 10.1 Å². The van der Waals surface area contributed by atoms with Crippen molar-refractivity contribution in [2.24, 2.45) is 0 Å². The first kappa shape index (κ1) is 17.4. The fourth-order valence-corrected chi connectivity index (χ4v) is 2.03. The van der Waals surface area contributed by atoms with E-state index in [9.17, 15) is 13.6 Å². The molecule has 1 aromatic carbocycles. The molecule has 0 aromatic heterocycles. The van der Waals surface area contributed by atoms with Gasteiger partial charge in [0.05, 0.1) is 7.11 Å². The highest BCUT2D eigenvalue weighted by atomic mass is 19.3. The van der Waals surface area contributed by atoms with Gasteiger partial charge in [0.15, 0.2) is 0 Å². The van der Waals surface area contributed by atoms with Crippen LogP contribution in [0.4, 0.5) is 8.78 Å². The van der Waals surface area contributed by atoms with Crippen LogP contribution in [0.5, 0.6) is 5.75 Å². The average Bonchev–Trinajstić information content (AvgIpc) is 2.46. The minimum Gasteiger partial charge on any atom is -0.467 e. The number of halogens is 2. The second-order valence-corrected chi connectivity index (χ2v) is 4.97. The maximum Gasteiger partial charge on any atom is 0.387 e. The van der Waals surface area contributed by atoms with E-state index in [1.165, 1.54) is 19.2 Å². The predicted molar refractivity (Wildman–Crippen MR) is 75.3 cm³/mol. The zero-order chi connectivity index (χ0) is 16.0. The third-order valence-corrected chi connectivity index (χ3v) is 3.40. The number of esters is 1. The number of benzene rings is 1. The van der Waals surface area contributed by atoms with Gasteiger partial charge >= 0.3 is 12.6 Å². The number of alkyl halides is 2. The van der Waals surface area contributed by atoms with Gasteiger partial charge in [-0.15, -0.1) is 0 Å². The summed E-state index contributed by atoms with van der Waals surface area (Å²) in [4.78, 5) is 12.1. The Labute approximate surface area is 123 Å². The van der Waals surface area contributed by atoms with E-state index in [2.05, 4.69) is 10.1 Å². The predicted octanol–water partition coefficient (Wildman–Crippen LogP) is 3.06. The summed E-state index contributed by atoms with van der Waals surface area (Å²) in [5, 5.41) is 3.21. The third kappa shape index (κ3) is 4.39. The second kappa shape index (κ2) is 7.36. The third-order valence-electron chi connectivity index (χ3n) is 3.40. The summed E-state index contributed by atoms with van der Waals surface area (Å²) in [6.45, 7) is 2.78. The van der Waals surface area contributed by atoms with Crippen molar-refractivity contribution in [2.75, 3.05) is 7.11 Å². The summed E-state index contributed by atoms with van der Waals surface area (Å²) < 4.78 is 33.5. The van der Waals surface area contributed by atoms with Crippen LogP contribution in [0.2, 0.25) is 0 Å². The molecule has 0 amide bonds. The topological polar surface area (TPSA) is 47.6 Å². The average molecular weight is 301 g/mol. The normalized spacial score (nSPS) is 15.4. The van der Waals surface area contributed by atoms with E-state index < -0.39 is 18.1 Å². The molecule has 0 saturated heterocycles. The number of methoxy groups -OCH3 is 1. The summed E-state index contributed by atoms with van der Waals surface area (Å²) in [5.41, 5.74) is -0.427. The van der Waals surface area contributed by atoms with Crippen LogP contribution in [0.1, 0.15) is 32.8 Å². The molecular formula is C15H21F2NO3.